The van der Waals surface area contributed by atoms with Gasteiger partial charge in [-0.3, -0.25) is 4.79 Å². The maximum Gasteiger partial charge on any atom is 0.418 e. The largest absolute Gasteiger partial charge is 0.489 e. The minimum atomic E-state index is -4.54. The number of aryl methyl sites for hydroxylation is 1. The van der Waals surface area contributed by atoms with Gasteiger partial charge in [0.1, 0.15) is 12.4 Å². The number of alkyl halides is 3. The van der Waals surface area contributed by atoms with E-state index in [9.17, 15) is 22.8 Å². The van der Waals surface area contributed by atoms with Gasteiger partial charge in [0, 0.05) is 23.1 Å². The minimum Gasteiger partial charge on any atom is -0.489 e. The number of para-hydroxylation sites is 1. The Balaban J connectivity index is 1.51. The summed E-state index contributed by atoms with van der Waals surface area (Å²) in [5.41, 5.74) is 1.68. The number of benzene rings is 3. The molecule has 37 heavy (non-hydrogen) atoms. The summed E-state index contributed by atoms with van der Waals surface area (Å²) in [5.74, 6) is -1.00. The van der Waals surface area contributed by atoms with Gasteiger partial charge < -0.3 is 19.7 Å². The maximum absolute atomic E-state index is 13.6. The number of carbonyl (C=O) groups is 2. The maximum atomic E-state index is 13.6. The fourth-order valence-electron chi connectivity index (χ4n) is 4.04. The molecular weight excluding hydrogens is 485 g/mol. The summed E-state index contributed by atoms with van der Waals surface area (Å²) in [6.07, 6.45) is -4.54. The van der Waals surface area contributed by atoms with Gasteiger partial charge in [0.05, 0.1) is 22.4 Å². The third kappa shape index (κ3) is 5.66. The van der Waals surface area contributed by atoms with Crippen LogP contribution in [0.3, 0.4) is 0 Å². The number of hydrogen-bond acceptors (Lipinski definition) is 3. The molecule has 0 radical (unpaired) electrons. The van der Waals surface area contributed by atoms with Gasteiger partial charge in [-0.25, -0.2) is 4.79 Å². The van der Waals surface area contributed by atoms with E-state index in [0.717, 1.165) is 11.6 Å². The number of rotatable bonds is 7. The minimum absolute atomic E-state index is 0.0455. The summed E-state index contributed by atoms with van der Waals surface area (Å²) in [6.45, 7) is 3.44. The molecular formula is C28H23F3N2O4. The number of hydrogen-bond donors (Lipinski definition) is 2. The van der Waals surface area contributed by atoms with E-state index in [0.29, 0.717) is 22.8 Å². The number of amides is 1. The van der Waals surface area contributed by atoms with Crippen LogP contribution in [0.15, 0.2) is 78.9 Å². The molecule has 1 aromatic heterocycles. The molecule has 0 spiro atoms. The van der Waals surface area contributed by atoms with Crippen LogP contribution in [0, 0.1) is 13.8 Å². The standard InChI is InChI=1S/C28H23F3N2O4/c1-17-14-23(18(2)33(17)25-9-4-3-8-24(25)28(29,30)31)26(34)32-21-6-5-7-22(15-21)37-16-19-10-12-20(13-11-19)27(35)36/h3-15H,16H2,1-2H3,(H,32,34)(H,35,36). The Bertz CT molecular complexity index is 1460. The summed E-state index contributed by atoms with van der Waals surface area (Å²) >= 11 is 0. The summed E-state index contributed by atoms with van der Waals surface area (Å²) in [6, 6.07) is 19.8. The first-order valence-electron chi connectivity index (χ1n) is 11.3. The van der Waals surface area contributed by atoms with E-state index in [-0.39, 0.29) is 23.4 Å². The van der Waals surface area contributed by atoms with Crippen LogP contribution < -0.4 is 10.1 Å². The van der Waals surface area contributed by atoms with E-state index < -0.39 is 23.6 Å². The normalized spacial score (nSPS) is 11.3. The van der Waals surface area contributed by atoms with Crippen molar-refractivity contribution in [3.63, 3.8) is 0 Å². The molecule has 0 unspecified atom stereocenters. The molecule has 0 aliphatic heterocycles. The second-order valence-corrected chi connectivity index (χ2v) is 8.41. The van der Waals surface area contributed by atoms with Crippen molar-refractivity contribution in [2.24, 2.45) is 0 Å². The van der Waals surface area contributed by atoms with E-state index in [1.54, 1.807) is 56.3 Å². The molecule has 0 aliphatic carbocycles. The lowest BCUT2D eigenvalue weighted by Gasteiger charge is -2.17. The Labute approximate surface area is 210 Å². The molecule has 1 amide bonds. The van der Waals surface area contributed by atoms with Crippen molar-refractivity contribution in [1.29, 1.82) is 0 Å². The molecule has 6 nitrogen and oxygen atoms in total. The lowest BCUT2D eigenvalue weighted by atomic mass is 10.1. The van der Waals surface area contributed by atoms with Crippen LogP contribution in [-0.4, -0.2) is 21.6 Å². The predicted octanol–water partition coefficient (Wildman–Crippen LogP) is 6.64. The lowest BCUT2D eigenvalue weighted by Crippen LogP contribution is -2.15. The third-order valence-corrected chi connectivity index (χ3v) is 5.82. The SMILES string of the molecule is Cc1cc(C(=O)Nc2cccc(OCc3ccc(C(=O)O)cc3)c2)c(C)n1-c1ccccc1C(F)(F)F. The van der Waals surface area contributed by atoms with Crippen LogP contribution in [-0.2, 0) is 12.8 Å². The lowest BCUT2D eigenvalue weighted by molar-refractivity contribution is -0.137. The number of aromatic nitrogens is 1. The number of nitrogens with zero attached hydrogens (tertiary/aromatic N) is 1. The van der Waals surface area contributed by atoms with E-state index >= 15 is 0 Å². The fourth-order valence-corrected chi connectivity index (χ4v) is 4.04. The Kier molecular flexibility index (Phi) is 7.06. The number of nitrogens with one attached hydrogen (secondary N) is 1. The van der Waals surface area contributed by atoms with Gasteiger partial charge in [-0.1, -0.05) is 30.3 Å². The first-order chi connectivity index (χ1) is 17.5. The molecule has 0 fully saturated rings. The van der Waals surface area contributed by atoms with Gasteiger partial charge in [0.25, 0.3) is 5.91 Å². The zero-order valence-electron chi connectivity index (χ0n) is 20.0. The van der Waals surface area contributed by atoms with Gasteiger partial charge in [0.2, 0.25) is 0 Å². The van der Waals surface area contributed by atoms with Gasteiger partial charge in [-0.2, -0.15) is 13.2 Å². The van der Waals surface area contributed by atoms with E-state index in [1.807, 2.05) is 0 Å². The molecule has 0 bridgehead atoms. The van der Waals surface area contributed by atoms with Crippen molar-refractivity contribution in [2.75, 3.05) is 5.32 Å². The molecule has 4 rings (SSSR count). The van der Waals surface area contributed by atoms with Gasteiger partial charge in [-0.15, -0.1) is 0 Å². The van der Waals surface area contributed by atoms with E-state index in [1.165, 1.54) is 34.9 Å². The number of halogens is 3. The highest BCUT2D eigenvalue weighted by Crippen LogP contribution is 2.35. The average molecular weight is 508 g/mol. The number of carboxylic acid groups (broad SMARTS) is 1. The topological polar surface area (TPSA) is 80.6 Å². The summed E-state index contributed by atoms with van der Waals surface area (Å²) in [5, 5.41) is 11.8. The van der Waals surface area contributed by atoms with E-state index in [2.05, 4.69) is 5.32 Å². The smallest absolute Gasteiger partial charge is 0.418 e. The molecule has 0 atom stereocenters. The zero-order valence-corrected chi connectivity index (χ0v) is 20.0. The highest BCUT2D eigenvalue weighted by atomic mass is 19.4. The van der Waals surface area contributed by atoms with Crippen molar-refractivity contribution >= 4 is 17.6 Å². The van der Waals surface area contributed by atoms with Crippen LogP contribution in [0.1, 0.15) is 43.2 Å². The first-order valence-corrected chi connectivity index (χ1v) is 11.3. The number of aromatic carboxylic acids is 1. The van der Waals surface area contributed by atoms with Crippen molar-refractivity contribution in [2.45, 2.75) is 26.6 Å². The Morgan fingerprint density at radius 1 is 0.946 bits per heavy atom. The molecule has 4 aromatic rings. The molecule has 3 aromatic carbocycles. The molecule has 2 N–H and O–H groups in total. The molecule has 9 heteroatoms. The monoisotopic (exact) mass is 508 g/mol. The van der Waals surface area contributed by atoms with Crippen molar-refractivity contribution < 1.29 is 32.6 Å². The highest BCUT2D eigenvalue weighted by molar-refractivity contribution is 6.05. The molecule has 0 saturated carbocycles. The van der Waals surface area contributed by atoms with E-state index in [4.69, 9.17) is 9.84 Å². The summed E-state index contributed by atoms with van der Waals surface area (Å²) in [4.78, 5) is 24.0. The van der Waals surface area contributed by atoms with Gasteiger partial charge in [-0.05, 0) is 61.9 Å². The number of carboxylic acids is 1. The predicted molar refractivity (Wildman–Crippen MR) is 132 cm³/mol. The number of carbonyl (C=O) groups excluding carboxylic acids is 1. The Morgan fingerprint density at radius 2 is 1.65 bits per heavy atom. The second-order valence-electron chi connectivity index (χ2n) is 8.41. The van der Waals surface area contributed by atoms with Crippen LogP contribution in [0.2, 0.25) is 0 Å². The average Bonchev–Trinajstić information content (AvgIpc) is 3.16. The van der Waals surface area contributed by atoms with Gasteiger partial charge >= 0.3 is 12.1 Å². The molecule has 0 aliphatic rings. The second kappa shape index (κ2) is 10.2. The van der Waals surface area contributed by atoms with Crippen LogP contribution in [0.25, 0.3) is 5.69 Å². The molecule has 190 valence electrons. The Morgan fingerprint density at radius 3 is 2.32 bits per heavy atom. The number of anilines is 1. The summed E-state index contributed by atoms with van der Waals surface area (Å²) < 4.78 is 47.9. The van der Waals surface area contributed by atoms with Crippen molar-refractivity contribution in [3.05, 3.63) is 113 Å². The molecule has 0 saturated heterocycles. The van der Waals surface area contributed by atoms with Crippen LogP contribution in [0.5, 0.6) is 5.75 Å². The number of ether oxygens (including phenoxy) is 1. The zero-order chi connectivity index (χ0) is 26.7. The fraction of sp³-hybridized carbons (Fsp3) is 0.143. The first kappa shape index (κ1) is 25.6. The third-order valence-electron chi connectivity index (χ3n) is 5.82. The highest BCUT2D eigenvalue weighted by Gasteiger charge is 2.34. The quantitative estimate of drug-likeness (QED) is 0.293. The summed E-state index contributed by atoms with van der Waals surface area (Å²) in [7, 11) is 0. The molecule has 1 heterocycles. The van der Waals surface area contributed by atoms with Gasteiger partial charge in [0.15, 0.2) is 0 Å². The van der Waals surface area contributed by atoms with Crippen molar-refractivity contribution in [1.82, 2.24) is 4.57 Å². The van der Waals surface area contributed by atoms with Crippen LogP contribution in [0.4, 0.5) is 18.9 Å². The van der Waals surface area contributed by atoms with Crippen LogP contribution >= 0.6 is 0 Å². The van der Waals surface area contributed by atoms with Crippen molar-refractivity contribution in [3.8, 4) is 11.4 Å². The Hall–Kier alpha value is -4.53.